The maximum Gasteiger partial charge on any atom is 0.109 e. The monoisotopic (exact) mass is 204 g/mol. The normalized spacial score (nSPS) is 39.9. The summed E-state index contributed by atoms with van der Waals surface area (Å²) in [6.45, 7) is 5.77. The van der Waals surface area contributed by atoms with Crippen molar-refractivity contribution in [2.45, 2.75) is 51.6 Å². The van der Waals surface area contributed by atoms with Crippen molar-refractivity contribution in [2.24, 2.45) is 5.41 Å². The van der Waals surface area contributed by atoms with Crippen molar-refractivity contribution in [3.05, 3.63) is 0 Å². The Morgan fingerprint density at radius 2 is 1.86 bits per heavy atom. The molecule has 1 fully saturated rings. The van der Waals surface area contributed by atoms with Crippen LogP contribution in [0, 0.1) is 5.41 Å². The van der Waals surface area contributed by atoms with Gasteiger partial charge in [-0.2, -0.15) is 0 Å². The fourth-order valence-electron chi connectivity index (χ4n) is 1.66. The van der Waals surface area contributed by atoms with E-state index in [0.29, 0.717) is 6.42 Å². The molecule has 0 saturated carbocycles. The minimum atomic E-state index is -0.974. The Bertz CT molecular complexity index is 187. The molecule has 1 aliphatic heterocycles. The molecule has 4 heteroatoms. The molecule has 0 aromatic rings. The van der Waals surface area contributed by atoms with E-state index in [1.165, 1.54) is 0 Å². The SMILES string of the molecule is CC(C)(C)C1C[C@H](O)[C@H](O)[C@@H](CO)O1. The van der Waals surface area contributed by atoms with Gasteiger partial charge in [0, 0.05) is 6.42 Å². The van der Waals surface area contributed by atoms with Crippen molar-refractivity contribution in [1.29, 1.82) is 0 Å². The van der Waals surface area contributed by atoms with Crippen molar-refractivity contribution in [1.82, 2.24) is 0 Å². The number of ether oxygens (including phenoxy) is 1. The highest BCUT2D eigenvalue weighted by molar-refractivity contribution is 4.89. The third-order valence-electron chi connectivity index (χ3n) is 2.72. The Morgan fingerprint density at radius 3 is 2.29 bits per heavy atom. The average molecular weight is 204 g/mol. The van der Waals surface area contributed by atoms with Gasteiger partial charge in [0.1, 0.15) is 12.2 Å². The van der Waals surface area contributed by atoms with Gasteiger partial charge in [-0.05, 0) is 5.41 Å². The van der Waals surface area contributed by atoms with Gasteiger partial charge in [0.05, 0.1) is 18.8 Å². The molecule has 0 spiro atoms. The predicted octanol–water partition coefficient (Wildman–Crippen LogP) is -0.0959. The number of aliphatic hydroxyl groups is 3. The molecular weight excluding hydrogens is 184 g/mol. The number of hydrogen-bond donors (Lipinski definition) is 3. The quantitative estimate of drug-likeness (QED) is 0.558. The first-order chi connectivity index (χ1) is 6.36. The van der Waals surface area contributed by atoms with E-state index in [1.54, 1.807) is 0 Å². The number of aliphatic hydroxyl groups excluding tert-OH is 3. The highest BCUT2D eigenvalue weighted by Crippen LogP contribution is 2.32. The van der Waals surface area contributed by atoms with Gasteiger partial charge < -0.3 is 20.1 Å². The van der Waals surface area contributed by atoms with E-state index < -0.39 is 18.3 Å². The van der Waals surface area contributed by atoms with Crippen LogP contribution < -0.4 is 0 Å². The Kier molecular flexibility index (Phi) is 3.53. The molecule has 14 heavy (non-hydrogen) atoms. The summed E-state index contributed by atoms with van der Waals surface area (Å²) in [7, 11) is 0. The molecule has 1 aliphatic rings. The maximum absolute atomic E-state index is 9.57. The van der Waals surface area contributed by atoms with Gasteiger partial charge in [-0.25, -0.2) is 0 Å². The first-order valence-electron chi connectivity index (χ1n) is 4.98. The van der Waals surface area contributed by atoms with Gasteiger partial charge in [0.25, 0.3) is 0 Å². The molecule has 3 N–H and O–H groups in total. The first-order valence-corrected chi connectivity index (χ1v) is 4.98. The molecule has 1 rings (SSSR count). The second-order valence-corrected chi connectivity index (χ2v) is 5.01. The van der Waals surface area contributed by atoms with Crippen LogP contribution in [0.15, 0.2) is 0 Å². The van der Waals surface area contributed by atoms with Crippen LogP contribution in [0.3, 0.4) is 0 Å². The van der Waals surface area contributed by atoms with E-state index in [2.05, 4.69) is 0 Å². The van der Waals surface area contributed by atoms with Crippen molar-refractivity contribution >= 4 is 0 Å². The van der Waals surface area contributed by atoms with Gasteiger partial charge in [-0.15, -0.1) is 0 Å². The molecule has 0 radical (unpaired) electrons. The Balaban J connectivity index is 2.68. The second-order valence-electron chi connectivity index (χ2n) is 5.01. The fourth-order valence-corrected chi connectivity index (χ4v) is 1.66. The van der Waals surface area contributed by atoms with Crippen LogP contribution in [0.5, 0.6) is 0 Å². The molecule has 0 aromatic heterocycles. The summed E-state index contributed by atoms with van der Waals surface area (Å²) in [4.78, 5) is 0. The van der Waals surface area contributed by atoms with Crippen LogP contribution in [0.2, 0.25) is 0 Å². The van der Waals surface area contributed by atoms with Gasteiger partial charge in [-0.1, -0.05) is 20.8 Å². The lowest BCUT2D eigenvalue weighted by molar-refractivity contribution is -0.201. The summed E-state index contributed by atoms with van der Waals surface area (Å²) in [6, 6.07) is 0. The molecule has 4 nitrogen and oxygen atoms in total. The van der Waals surface area contributed by atoms with E-state index in [-0.39, 0.29) is 18.1 Å². The summed E-state index contributed by atoms with van der Waals surface area (Å²) in [5.41, 5.74) is -0.0887. The average Bonchev–Trinajstić information content (AvgIpc) is 2.07. The van der Waals surface area contributed by atoms with Crippen LogP contribution in [0.1, 0.15) is 27.2 Å². The van der Waals surface area contributed by atoms with Gasteiger partial charge >= 0.3 is 0 Å². The van der Waals surface area contributed by atoms with Crippen LogP contribution >= 0.6 is 0 Å². The van der Waals surface area contributed by atoms with E-state index in [4.69, 9.17) is 9.84 Å². The third-order valence-corrected chi connectivity index (χ3v) is 2.72. The molecule has 0 amide bonds. The summed E-state index contributed by atoms with van der Waals surface area (Å²) in [6.07, 6.45) is -2.15. The molecule has 0 aliphatic carbocycles. The molecule has 1 saturated heterocycles. The minimum absolute atomic E-state index is 0.0887. The molecule has 1 unspecified atom stereocenters. The van der Waals surface area contributed by atoms with Crippen LogP contribution in [0.4, 0.5) is 0 Å². The first kappa shape index (κ1) is 11.9. The van der Waals surface area contributed by atoms with Crippen molar-refractivity contribution in [2.75, 3.05) is 6.61 Å². The summed E-state index contributed by atoms with van der Waals surface area (Å²) < 4.78 is 5.52. The Morgan fingerprint density at radius 1 is 1.29 bits per heavy atom. The largest absolute Gasteiger partial charge is 0.394 e. The van der Waals surface area contributed by atoms with E-state index in [9.17, 15) is 10.2 Å². The van der Waals surface area contributed by atoms with Gasteiger partial charge in [-0.3, -0.25) is 0 Å². The lowest BCUT2D eigenvalue weighted by atomic mass is 9.82. The summed E-state index contributed by atoms with van der Waals surface area (Å²) >= 11 is 0. The van der Waals surface area contributed by atoms with Crippen LogP contribution in [0.25, 0.3) is 0 Å². The maximum atomic E-state index is 9.57. The standard InChI is InChI=1S/C10H20O4/c1-10(2,3)8-4-6(12)9(13)7(5-11)14-8/h6-9,11-13H,4-5H2,1-3H3/t6-,7+,8?,9-/m0/s1. The highest BCUT2D eigenvalue weighted by atomic mass is 16.5. The molecule has 0 bridgehead atoms. The fraction of sp³-hybridized carbons (Fsp3) is 1.00. The number of rotatable bonds is 1. The Labute approximate surface area is 84.5 Å². The molecule has 1 heterocycles. The van der Waals surface area contributed by atoms with E-state index in [1.807, 2.05) is 20.8 Å². The molecule has 0 aromatic carbocycles. The lowest BCUT2D eigenvalue weighted by Crippen LogP contribution is -2.52. The lowest BCUT2D eigenvalue weighted by Gasteiger charge is -2.42. The molecule has 84 valence electrons. The van der Waals surface area contributed by atoms with E-state index >= 15 is 0 Å². The summed E-state index contributed by atoms with van der Waals surface area (Å²) in [5, 5.41) is 28.0. The van der Waals surface area contributed by atoms with E-state index in [0.717, 1.165) is 0 Å². The van der Waals surface area contributed by atoms with Crippen molar-refractivity contribution < 1.29 is 20.1 Å². The van der Waals surface area contributed by atoms with Gasteiger partial charge in [0.2, 0.25) is 0 Å². The zero-order chi connectivity index (χ0) is 10.9. The third kappa shape index (κ3) is 2.45. The second kappa shape index (κ2) is 4.14. The predicted molar refractivity (Wildman–Crippen MR) is 51.8 cm³/mol. The zero-order valence-corrected chi connectivity index (χ0v) is 8.97. The summed E-state index contributed by atoms with van der Waals surface area (Å²) in [5.74, 6) is 0. The highest BCUT2D eigenvalue weighted by Gasteiger charge is 2.40. The van der Waals surface area contributed by atoms with Gasteiger partial charge in [0.15, 0.2) is 0 Å². The number of hydrogen-bond acceptors (Lipinski definition) is 4. The van der Waals surface area contributed by atoms with Crippen molar-refractivity contribution in [3.63, 3.8) is 0 Å². The van der Waals surface area contributed by atoms with Crippen LogP contribution in [-0.4, -0.2) is 46.3 Å². The molecular formula is C10H20O4. The van der Waals surface area contributed by atoms with Crippen LogP contribution in [-0.2, 0) is 4.74 Å². The minimum Gasteiger partial charge on any atom is -0.394 e. The van der Waals surface area contributed by atoms with Crippen molar-refractivity contribution in [3.8, 4) is 0 Å². The zero-order valence-electron chi connectivity index (χ0n) is 8.97. The smallest absolute Gasteiger partial charge is 0.109 e. The Hall–Kier alpha value is -0.160. The molecule has 4 atom stereocenters. The topological polar surface area (TPSA) is 69.9 Å².